The maximum atomic E-state index is 4.36. The zero-order valence-corrected chi connectivity index (χ0v) is 12.0. The van der Waals surface area contributed by atoms with Gasteiger partial charge in [-0.05, 0) is 66.3 Å². The maximum absolute atomic E-state index is 4.36. The summed E-state index contributed by atoms with van der Waals surface area (Å²) in [4.78, 5) is 4.36. The molecule has 0 bridgehead atoms. The van der Waals surface area contributed by atoms with E-state index in [1.807, 2.05) is 12.3 Å². The molecular weight excluding hydrogens is 256 g/mol. The third kappa shape index (κ3) is 2.49. The van der Waals surface area contributed by atoms with Crippen LogP contribution in [0.5, 0.6) is 0 Å². The topological polar surface area (TPSA) is 24.9 Å². The lowest BCUT2D eigenvalue weighted by Crippen LogP contribution is -2.00. The van der Waals surface area contributed by atoms with E-state index in [4.69, 9.17) is 0 Å². The second kappa shape index (κ2) is 5.21. The van der Waals surface area contributed by atoms with E-state index in [0.29, 0.717) is 0 Å². The molecule has 0 aliphatic heterocycles. The molecule has 21 heavy (non-hydrogen) atoms. The largest absolute Gasteiger partial charge is 0.381 e. The number of aromatic nitrogens is 1. The fourth-order valence-corrected chi connectivity index (χ4v) is 3.12. The Morgan fingerprint density at radius 2 is 1.90 bits per heavy atom. The second-order valence-corrected chi connectivity index (χ2v) is 5.72. The molecule has 0 fully saturated rings. The van der Waals surface area contributed by atoms with Crippen molar-refractivity contribution in [2.24, 2.45) is 0 Å². The molecule has 0 atom stereocenters. The van der Waals surface area contributed by atoms with Crippen molar-refractivity contribution < 1.29 is 0 Å². The van der Waals surface area contributed by atoms with Crippen molar-refractivity contribution in [2.75, 3.05) is 5.32 Å². The summed E-state index contributed by atoms with van der Waals surface area (Å²) in [6.07, 6.45) is 5.61. The van der Waals surface area contributed by atoms with Crippen molar-refractivity contribution in [3.63, 3.8) is 0 Å². The van der Waals surface area contributed by atoms with Gasteiger partial charge in [-0.1, -0.05) is 18.2 Å². The lowest BCUT2D eigenvalue weighted by Gasteiger charge is -2.09. The van der Waals surface area contributed by atoms with Gasteiger partial charge in [0.1, 0.15) is 0 Å². The Hall–Kier alpha value is -2.35. The summed E-state index contributed by atoms with van der Waals surface area (Å²) in [7, 11) is 0. The van der Waals surface area contributed by atoms with Crippen molar-refractivity contribution in [2.45, 2.75) is 25.8 Å². The van der Waals surface area contributed by atoms with Gasteiger partial charge in [-0.25, -0.2) is 0 Å². The molecule has 2 aromatic carbocycles. The normalized spacial score (nSPS) is 13.3. The summed E-state index contributed by atoms with van der Waals surface area (Å²) in [6.45, 7) is 0.851. The van der Waals surface area contributed by atoms with Gasteiger partial charge in [0.25, 0.3) is 0 Å². The number of rotatable bonds is 3. The van der Waals surface area contributed by atoms with Crippen LogP contribution in [0.15, 0.2) is 54.7 Å². The van der Waals surface area contributed by atoms with Crippen LogP contribution in [0, 0.1) is 0 Å². The first-order valence-electron chi connectivity index (χ1n) is 7.58. The molecule has 2 nitrogen and oxygen atoms in total. The Morgan fingerprint density at radius 1 is 0.952 bits per heavy atom. The summed E-state index contributed by atoms with van der Waals surface area (Å²) in [5.41, 5.74) is 6.61. The average molecular weight is 274 g/mol. The average Bonchev–Trinajstić information content (AvgIpc) is 3.00. The number of fused-ring (bicyclic) bond motifs is 2. The Labute approximate surface area is 124 Å². The van der Waals surface area contributed by atoms with E-state index in [2.05, 4.69) is 52.8 Å². The van der Waals surface area contributed by atoms with Gasteiger partial charge in [0.15, 0.2) is 0 Å². The molecule has 4 rings (SSSR count). The molecule has 2 heteroatoms. The van der Waals surface area contributed by atoms with Crippen LogP contribution in [0.4, 0.5) is 5.69 Å². The molecule has 0 spiro atoms. The van der Waals surface area contributed by atoms with Crippen LogP contribution >= 0.6 is 0 Å². The van der Waals surface area contributed by atoms with E-state index in [-0.39, 0.29) is 0 Å². The third-order valence-electron chi connectivity index (χ3n) is 4.26. The molecule has 104 valence electrons. The van der Waals surface area contributed by atoms with E-state index in [0.717, 1.165) is 12.1 Å². The van der Waals surface area contributed by atoms with Crippen LogP contribution in [0.1, 0.15) is 23.1 Å². The summed E-state index contributed by atoms with van der Waals surface area (Å²) < 4.78 is 0. The van der Waals surface area contributed by atoms with Gasteiger partial charge in [-0.3, -0.25) is 4.98 Å². The van der Waals surface area contributed by atoms with Crippen LogP contribution in [-0.4, -0.2) is 4.98 Å². The SMILES string of the molecule is c1cnc2ccc(CNc3ccc4c(c3)CCC4)cc2c1. The van der Waals surface area contributed by atoms with Gasteiger partial charge in [-0.15, -0.1) is 0 Å². The molecule has 0 saturated heterocycles. The van der Waals surface area contributed by atoms with Gasteiger partial charge in [0, 0.05) is 23.8 Å². The highest BCUT2D eigenvalue weighted by atomic mass is 14.9. The van der Waals surface area contributed by atoms with E-state index in [1.165, 1.54) is 47.0 Å². The summed E-state index contributed by atoms with van der Waals surface area (Å²) >= 11 is 0. The standard InChI is InChI=1S/C19H18N2/c1-3-15-7-8-18(12-16(15)4-1)21-13-14-6-9-19-17(11-14)5-2-10-20-19/h2,5-12,21H,1,3-4,13H2. The first kappa shape index (κ1) is 12.4. The summed E-state index contributed by atoms with van der Waals surface area (Å²) in [5, 5.41) is 4.73. The number of anilines is 1. The van der Waals surface area contributed by atoms with Gasteiger partial charge < -0.3 is 5.32 Å². The van der Waals surface area contributed by atoms with E-state index >= 15 is 0 Å². The predicted octanol–water partition coefficient (Wildman–Crippen LogP) is 4.34. The molecule has 0 amide bonds. The molecule has 3 aromatic rings. The second-order valence-electron chi connectivity index (χ2n) is 5.72. The molecule has 1 aromatic heterocycles. The van der Waals surface area contributed by atoms with Crippen molar-refractivity contribution in [3.8, 4) is 0 Å². The first-order chi connectivity index (χ1) is 10.4. The Bertz CT molecular complexity index is 792. The quantitative estimate of drug-likeness (QED) is 0.768. The molecule has 1 aliphatic carbocycles. The number of hydrogen-bond donors (Lipinski definition) is 1. The Kier molecular flexibility index (Phi) is 3.07. The maximum Gasteiger partial charge on any atom is 0.0702 e. The molecule has 1 heterocycles. The lowest BCUT2D eigenvalue weighted by molar-refractivity contribution is 0.912. The minimum Gasteiger partial charge on any atom is -0.381 e. The number of nitrogens with one attached hydrogen (secondary N) is 1. The molecule has 1 aliphatic rings. The van der Waals surface area contributed by atoms with Crippen LogP contribution in [0.25, 0.3) is 10.9 Å². The zero-order chi connectivity index (χ0) is 14.1. The van der Waals surface area contributed by atoms with Crippen LogP contribution in [0.3, 0.4) is 0 Å². The number of benzene rings is 2. The Balaban J connectivity index is 1.52. The van der Waals surface area contributed by atoms with Crippen molar-refractivity contribution >= 4 is 16.6 Å². The van der Waals surface area contributed by atoms with Crippen LogP contribution < -0.4 is 5.32 Å². The molecular formula is C19H18N2. The van der Waals surface area contributed by atoms with Crippen molar-refractivity contribution in [1.29, 1.82) is 0 Å². The van der Waals surface area contributed by atoms with E-state index in [1.54, 1.807) is 0 Å². The minimum absolute atomic E-state index is 0.851. The van der Waals surface area contributed by atoms with Gasteiger partial charge in [-0.2, -0.15) is 0 Å². The predicted molar refractivity (Wildman–Crippen MR) is 87.5 cm³/mol. The summed E-state index contributed by atoms with van der Waals surface area (Å²) in [5.74, 6) is 0. The number of aryl methyl sites for hydroxylation is 2. The third-order valence-corrected chi connectivity index (χ3v) is 4.26. The highest BCUT2D eigenvalue weighted by Gasteiger charge is 2.10. The van der Waals surface area contributed by atoms with Gasteiger partial charge in [0.05, 0.1) is 5.52 Å². The summed E-state index contributed by atoms with van der Waals surface area (Å²) in [6, 6.07) is 17.3. The highest BCUT2D eigenvalue weighted by molar-refractivity contribution is 5.79. The number of hydrogen-bond acceptors (Lipinski definition) is 2. The van der Waals surface area contributed by atoms with Crippen molar-refractivity contribution in [3.05, 3.63) is 71.4 Å². The molecule has 1 N–H and O–H groups in total. The smallest absolute Gasteiger partial charge is 0.0702 e. The van der Waals surface area contributed by atoms with E-state index in [9.17, 15) is 0 Å². The zero-order valence-electron chi connectivity index (χ0n) is 12.0. The fraction of sp³-hybridized carbons (Fsp3) is 0.211. The first-order valence-corrected chi connectivity index (χ1v) is 7.58. The molecule has 0 unspecified atom stereocenters. The van der Waals surface area contributed by atoms with Crippen molar-refractivity contribution in [1.82, 2.24) is 4.98 Å². The van der Waals surface area contributed by atoms with Crippen LogP contribution in [-0.2, 0) is 19.4 Å². The molecule has 0 radical (unpaired) electrons. The lowest BCUT2D eigenvalue weighted by atomic mass is 10.1. The number of pyridine rings is 1. The molecule has 0 saturated carbocycles. The fourth-order valence-electron chi connectivity index (χ4n) is 3.12. The number of nitrogens with zero attached hydrogens (tertiary/aromatic N) is 1. The van der Waals surface area contributed by atoms with Crippen LogP contribution in [0.2, 0.25) is 0 Å². The Morgan fingerprint density at radius 3 is 2.90 bits per heavy atom. The minimum atomic E-state index is 0.851. The van der Waals surface area contributed by atoms with Gasteiger partial charge >= 0.3 is 0 Å². The van der Waals surface area contributed by atoms with Gasteiger partial charge in [0.2, 0.25) is 0 Å². The highest BCUT2D eigenvalue weighted by Crippen LogP contribution is 2.25. The van der Waals surface area contributed by atoms with E-state index < -0.39 is 0 Å². The monoisotopic (exact) mass is 274 g/mol.